The summed E-state index contributed by atoms with van der Waals surface area (Å²) in [5.74, 6) is -1.19. The zero-order valence-electron chi connectivity index (χ0n) is 19.2. The summed E-state index contributed by atoms with van der Waals surface area (Å²) in [6.07, 6.45) is -1.99. The molecule has 4 aromatic rings. The summed E-state index contributed by atoms with van der Waals surface area (Å²) in [7, 11) is 0. The lowest BCUT2D eigenvalue weighted by molar-refractivity contribution is -0.160. The number of pyridine rings is 1. The molecule has 1 fully saturated rings. The molecule has 0 aliphatic carbocycles. The molecule has 192 valence electrons. The normalized spacial score (nSPS) is 14.7. The van der Waals surface area contributed by atoms with Crippen LogP contribution in [-0.2, 0) is 10.9 Å². The maximum atomic E-state index is 14.8. The number of benzene rings is 2. The number of aromatic nitrogens is 1. The van der Waals surface area contributed by atoms with Crippen LogP contribution in [0.2, 0.25) is 0 Å². The molecule has 3 heterocycles. The Hall–Kier alpha value is -4.32. The highest BCUT2D eigenvalue weighted by Crippen LogP contribution is 2.40. The number of fused-ring (bicyclic) bond motifs is 1. The second-order valence-electron chi connectivity index (χ2n) is 8.72. The predicted octanol–water partition coefficient (Wildman–Crippen LogP) is 5.76. The van der Waals surface area contributed by atoms with E-state index in [0.717, 1.165) is 18.2 Å². The van der Waals surface area contributed by atoms with Gasteiger partial charge in [-0.2, -0.15) is 13.2 Å². The smallest absolute Gasteiger partial charge is 0.420 e. The number of hydrogen-bond donors (Lipinski definition) is 3. The largest absolute Gasteiger partial charge is 0.482 e. The van der Waals surface area contributed by atoms with E-state index in [9.17, 15) is 27.2 Å². The molecule has 1 aliphatic heterocycles. The van der Waals surface area contributed by atoms with E-state index in [1.165, 1.54) is 30.7 Å². The predicted molar refractivity (Wildman–Crippen MR) is 126 cm³/mol. The minimum atomic E-state index is -4.74. The number of anilines is 2. The van der Waals surface area contributed by atoms with Gasteiger partial charge in [0.05, 0.1) is 30.7 Å². The van der Waals surface area contributed by atoms with Crippen molar-refractivity contribution >= 4 is 28.4 Å². The number of amides is 2. The summed E-state index contributed by atoms with van der Waals surface area (Å²) < 4.78 is 71.3. The molecule has 1 aliphatic rings. The molecule has 5 rings (SSSR count). The highest BCUT2D eigenvalue weighted by atomic mass is 19.4. The Morgan fingerprint density at radius 3 is 2.57 bits per heavy atom. The Labute approximate surface area is 206 Å². The van der Waals surface area contributed by atoms with Gasteiger partial charge in [-0.3, -0.25) is 4.79 Å². The van der Waals surface area contributed by atoms with Crippen molar-refractivity contribution < 1.29 is 36.2 Å². The van der Waals surface area contributed by atoms with E-state index in [1.807, 2.05) is 0 Å². The van der Waals surface area contributed by atoms with Gasteiger partial charge >= 0.3 is 12.2 Å². The molecule has 0 bridgehead atoms. The van der Waals surface area contributed by atoms with Crippen LogP contribution in [0.4, 0.5) is 33.7 Å². The van der Waals surface area contributed by atoms with Crippen LogP contribution in [0.1, 0.15) is 12.5 Å². The maximum Gasteiger partial charge on any atom is 0.420 e. The summed E-state index contributed by atoms with van der Waals surface area (Å²) in [4.78, 5) is 26.8. The van der Waals surface area contributed by atoms with Crippen LogP contribution in [0, 0.1) is 5.82 Å². The van der Waals surface area contributed by atoms with E-state index < -0.39 is 34.7 Å². The summed E-state index contributed by atoms with van der Waals surface area (Å²) in [5, 5.41) is 5.03. The fourth-order valence-electron chi connectivity index (χ4n) is 3.92. The molecular formula is C25H19F4N3O5. The highest BCUT2D eigenvalue weighted by molar-refractivity contribution is 6.00. The monoisotopic (exact) mass is 517 g/mol. The van der Waals surface area contributed by atoms with E-state index in [4.69, 9.17) is 13.9 Å². The van der Waals surface area contributed by atoms with Crippen molar-refractivity contribution in [1.29, 1.82) is 0 Å². The zero-order valence-corrected chi connectivity index (χ0v) is 19.2. The Morgan fingerprint density at radius 2 is 1.89 bits per heavy atom. The highest BCUT2D eigenvalue weighted by Gasteiger charge is 2.40. The van der Waals surface area contributed by atoms with Gasteiger partial charge in [0.2, 0.25) is 0 Å². The van der Waals surface area contributed by atoms with Gasteiger partial charge in [0.1, 0.15) is 11.6 Å². The molecular weight excluding hydrogens is 498 g/mol. The molecule has 8 nitrogen and oxygen atoms in total. The zero-order chi connectivity index (χ0) is 26.4. The average molecular weight is 517 g/mol. The first-order valence-electron chi connectivity index (χ1n) is 11.0. The molecule has 0 unspecified atom stereocenters. The van der Waals surface area contributed by atoms with Gasteiger partial charge in [-0.1, -0.05) is 6.07 Å². The van der Waals surface area contributed by atoms with Crippen molar-refractivity contribution in [1.82, 2.24) is 4.98 Å². The molecule has 3 N–H and O–H groups in total. The van der Waals surface area contributed by atoms with Crippen molar-refractivity contribution in [2.24, 2.45) is 0 Å². The molecule has 2 aromatic carbocycles. The van der Waals surface area contributed by atoms with Crippen molar-refractivity contribution in [3.63, 3.8) is 0 Å². The molecule has 2 aromatic heterocycles. The fraction of sp³-hybridized carbons (Fsp3) is 0.200. The molecule has 0 atom stereocenters. The first kappa shape index (κ1) is 24.4. The first-order chi connectivity index (χ1) is 17.5. The van der Waals surface area contributed by atoms with Gasteiger partial charge in [0.15, 0.2) is 11.2 Å². The Bertz CT molecular complexity index is 1560. The minimum absolute atomic E-state index is 0.0873. The number of carbonyl (C=O) groups excluding carboxylic acids is 1. The standard InChI is InChI=1S/C25H19F4N3O5/c1-24(11-35-12-24)37-20-5-3-14(9-17(20)25(27,28)29)31-23(34)32-19-4-2-13(8-18(19)26)16-10-30-22(33)21-15(16)6-7-36-21/h2-10H,11-12H2,1H3,(H,30,33)(H2,31,32,34). The number of rotatable bonds is 5. The first-order valence-corrected chi connectivity index (χ1v) is 11.0. The fourth-order valence-corrected chi connectivity index (χ4v) is 3.92. The Kier molecular flexibility index (Phi) is 5.91. The second kappa shape index (κ2) is 8.96. The minimum Gasteiger partial charge on any atom is -0.482 e. The van der Waals surface area contributed by atoms with Crippen molar-refractivity contribution in [3.05, 3.63) is 76.7 Å². The number of nitrogens with one attached hydrogen (secondary N) is 3. The quantitative estimate of drug-likeness (QED) is 0.292. The number of furan rings is 1. The lowest BCUT2D eigenvalue weighted by Gasteiger charge is -2.38. The molecule has 1 saturated heterocycles. The number of carbonyl (C=O) groups is 1. The van der Waals surface area contributed by atoms with Crippen LogP contribution in [0.15, 0.2) is 64.1 Å². The van der Waals surface area contributed by atoms with Crippen LogP contribution >= 0.6 is 0 Å². The number of alkyl halides is 3. The third kappa shape index (κ3) is 4.87. The van der Waals surface area contributed by atoms with Gasteiger partial charge < -0.3 is 29.5 Å². The van der Waals surface area contributed by atoms with Gasteiger partial charge in [-0.05, 0) is 48.9 Å². The lowest BCUT2D eigenvalue weighted by Crippen LogP contribution is -2.51. The van der Waals surface area contributed by atoms with Crippen LogP contribution < -0.4 is 20.9 Å². The van der Waals surface area contributed by atoms with E-state index in [2.05, 4.69) is 15.6 Å². The molecule has 0 radical (unpaired) electrons. The number of ether oxygens (including phenoxy) is 2. The number of H-pyrrole nitrogens is 1. The van der Waals surface area contributed by atoms with Gasteiger partial charge in [-0.15, -0.1) is 0 Å². The summed E-state index contributed by atoms with van der Waals surface area (Å²) in [6.45, 7) is 1.95. The third-order valence-electron chi connectivity index (χ3n) is 5.75. The molecule has 37 heavy (non-hydrogen) atoms. The van der Waals surface area contributed by atoms with Crippen molar-refractivity contribution in [2.45, 2.75) is 18.7 Å². The molecule has 2 amide bonds. The summed E-state index contributed by atoms with van der Waals surface area (Å²) >= 11 is 0. The number of halogens is 4. The Balaban J connectivity index is 1.33. The average Bonchev–Trinajstić information content (AvgIpc) is 3.31. The van der Waals surface area contributed by atoms with Crippen LogP contribution in [-0.4, -0.2) is 29.8 Å². The number of aromatic amines is 1. The number of urea groups is 1. The van der Waals surface area contributed by atoms with Crippen molar-refractivity contribution in [3.8, 4) is 16.9 Å². The van der Waals surface area contributed by atoms with E-state index in [-0.39, 0.29) is 35.9 Å². The Morgan fingerprint density at radius 1 is 1.11 bits per heavy atom. The molecule has 0 saturated carbocycles. The SMILES string of the molecule is CC1(Oc2ccc(NC(=O)Nc3ccc(-c4c[nH]c(=O)c5occc45)cc3F)cc2C(F)(F)F)COC1. The van der Waals surface area contributed by atoms with Gasteiger partial charge in [-0.25, -0.2) is 9.18 Å². The topological polar surface area (TPSA) is 106 Å². The third-order valence-corrected chi connectivity index (χ3v) is 5.75. The maximum absolute atomic E-state index is 14.8. The molecule has 12 heteroatoms. The van der Waals surface area contributed by atoms with Crippen LogP contribution in [0.3, 0.4) is 0 Å². The van der Waals surface area contributed by atoms with Crippen molar-refractivity contribution in [2.75, 3.05) is 23.8 Å². The van der Waals surface area contributed by atoms with Crippen LogP contribution in [0.5, 0.6) is 5.75 Å². The van der Waals surface area contributed by atoms with Gasteiger partial charge in [0, 0.05) is 22.8 Å². The lowest BCUT2D eigenvalue weighted by atomic mass is 10.0. The van der Waals surface area contributed by atoms with Crippen LogP contribution in [0.25, 0.3) is 22.1 Å². The van der Waals surface area contributed by atoms with E-state index in [0.29, 0.717) is 16.5 Å². The van der Waals surface area contributed by atoms with Gasteiger partial charge in [0.25, 0.3) is 5.56 Å². The van der Waals surface area contributed by atoms with E-state index >= 15 is 0 Å². The second-order valence-corrected chi connectivity index (χ2v) is 8.72. The molecule has 0 spiro atoms. The number of hydrogen-bond acceptors (Lipinski definition) is 5. The van der Waals surface area contributed by atoms with E-state index in [1.54, 1.807) is 13.0 Å². The summed E-state index contributed by atoms with van der Waals surface area (Å²) in [5.41, 5.74) is -1.75. The summed E-state index contributed by atoms with van der Waals surface area (Å²) in [6, 6.07) is 7.67.